The number of nitrogens with zero attached hydrogens (tertiary/aromatic N) is 2. The minimum atomic E-state index is -0.500. The Kier molecular flexibility index (Phi) is 4.14. The van der Waals surface area contributed by atoms with Crippen molar-refractivity contribution in [1.82, 2.24) is 0 Å². The second-order valence-electron chi connectivity index (χ2n) is 5.09. The van der Waals surface area contributed by atoms with Crippen LogP contribution in [0.4, 0.5) is 5.69 Å². The first-order chi connectivity index (χ1) is 9.08. The van der Waals surface area contributed by atoms with Crippen molar-refractivity contribution < 1.29 is 10.0 Å². The molecule has 0 bridgehead atoms. The number of benzene rings is 1. The van der Waals surface area contributed by atoms with Crippen molar-refractivity contribution in [2.45, 2.75) is 38.6 Å². The predicted octanol–water partition coefficient (Wildman–Crippen LogP) is 2.67. The number of nitro groups is 1. The summed E-state index contributed by atoms with van der Waals surface area (Å²) >= 11 is 0. The van der Waals surface area contributed by atoms with Crippen LogP contribution in [0.15, 0.2) is 23.2 Å². The Balaban J connectivity index is 2.17. The Morgan fingerprint density at radius 1 is 1.37 bits per heavy atom. The molecule has 2 rings (SSSR count). The van der Waals surface area contributed by atoms with Gasteiger partial charge in [0.2, 0.25) is 0 Å². The molecule has 1 aliphatic carbocycles. The van der Waals surface area contributed by atoms with Crippen LogP contribution in [0.5, 0.6) is 5.75 Å². The lowest BCUT2D eigenvalue weighted by Crippen LogP contribution is -2.20. The van der Waals surface area contributed by atoms with Gasteiger partial charge in [-0.2, -0.15) is 0 Å². The van der Waals surface area contributed by atoms with Crippen LogP contribution in [0.25, 0.3) is 0 Å². The van der Waals surface area contributed by atoms with Crippen molar-refractivity contribution >= 4 is 11.9 Å². The second-order valence-corrected chi connectivity index (χ2v) is 5.09. The smallest absolute Gasteiger partial charge is 0.270 e. The molecule has 0 aliphatic heterocycles. The number of rotatable bonds is 3. The molecule has 2 atom stereocenters. The molecule has 19 heavy (non-hydrogen) atoms. The van der Waals surface area contributed by atoms with E-state index in [0.29, 0.717) is 11.5 Å². The zero-order chi connectivity index (χ0) is 13.8. The summed E-state index contributed by atoms with van der Waals surface area (Å²) in [5.41, 5.74) is 0.227. The summed E-state index contributed by atoms with van der Waals surface area (Å²) in [6.45, 7) is 2.16. The summed E-state index contributed by atoms with van der Waals surface area (Å²) in [5.74, 6) is 0.289. The molecule has 1 saturated carbocycles. The van der Waals surface area contributed by atoms with Gasteiger partial charge in [0.05, 0.1) is 11.0 Å². The lowest BCUT2D eigenvalue weighted by Gasteiger charge is -2.25. The van der Waals surface area contributed by atoms with E-state index < -0.39 is 4.92 Å². The minimum absolute atomic E-state index is 0.0715. The molecule has 102 valence electrons. The van der Waals surface area contributed by atoms with Crippen molar-refractivity contribution in [2.75, 3.05) is 0 Å². The fourth-order valence-corrected chi connectivity index (χ4v) is 2.44. The van der Waals surface area contributed by atoms with Crippen LogP contribution in [0.2, 0.25) is 0 Å². The van der Waals surface area contributed by atoms with E-state index in [9.17, 15) is 15.2 Å². The number of hydrogen-bond donors (Lipinski definition) is 0. The zero-order valence-electron chi connectivity index (χ0n) is 10.9. The van der Waals surface area contributed by atoms with Crippen LogP contribution in [0.1, 0.15) is 38.2 Å². The second kappa shape index (κ2) is 5.82. The van der Waals surface area contributed by atoms with Gasteiger partial charge in [-0.3, -0.25) is 15.1 Å². The minimum Gasteiger partial charge on any atom is -0.872 e. The molecule has 5 nitrogen and oxygen atoms in total. The molecule has 0 unspecified atom stereocenters. The molecule has 1 aliphatic rings. The molecule has 0 N–H and O–H groups in total. The van der Waals surface area contributed by atoms with Gasteiger partial charge in [0, 0.05) is 18.3 Å². The highest BCUT2D eigenvalue weighted by Gasteiger charge is 2.19. The van der Waals surface area contributed by atoms with E-state index >= 15 is 0 Å². The molecule has 0 amide bonds. The standard InChI is InChI=1S/C14H18N2O3/c1-10-4-2-3-5-13(10)15-9-11-8-12(16(18)19)6-7-14(11)17/h6-10,13,17H,2-5H2,1H3/p-1/t10-,13+/m0/s1. The number of nitro benzene ring substituents is 1. The Bertz CT molecular complexity index is 499. The summed E-state index contributed by atoms with van der Waals surface area (Å²) in [7, 11) is 0. The SMILES string of the molecule is C[C@H]1CCCC[C@H]1N=Cc1cc([N+](=O)[O-])ccc1[O-]. The van der Waals surface area contributed by atoms with Gasteiger partial charge in [-0.25, -0.2) is 0 Å². The van der Waals surface area contributed by atoms with Crippen molar-refractivity contribution in [3.8, 4) is 5.75 Å². The zero-order valence-corrected chi connectivity index (χ0v) is 10.9. The number of non-ortho nitro benzene ring substituents is 1. The highest BCUT2D eigenvalue weighted by Crippen LogP contribution is 2.27. The van der Waals surface area contributed by atoms with Gasteiger partial charge in [-0.15, -0.1) is 0 Å². The third-order valence-corrected chi connectivity index (χ3v) is 3.68. The van der Waals surface area contributed by atoms with Crippen LogP contribution in [-0.2, 0) is 0 Å². The van der Waals surface area contributed by atoms with E-state index in [1.54, 1.807) is 0 Å². The number of hydrogen-bond acceptors (Lipinski definition) is 4. The Labute approximate surface area is 112 Å². The van der Waals surface area contributed by atoms with E-state index in [1.807, 2.05) is 0 Å². The molecule has 1 fully saturated rings. The lowest BCUT2D eigenvalue weighted by molar-refractivity contribution is -0.385. The molecule has 0 spiro atoms. The topological polar surface area (TPSA) is 78.6 Å². The largest absolute Gasteiger partial charge is 0.872 e. The summed E-state index contributed by atoms with van der Waals surface area (Å²) < 4.78 is 0. The highest BCUT2D eigenvalue weighted by atomic mass is 16.6. The van der Waals surface area contributed by atoms with Gasteiger partial charge >= 0.3 is 0 Å². The molecular weight excluding hydrogens is 244 g/mol. The van der Waals surface area contributed by atoms with Crippen LogP contribution in [0.3, 0.4) is 0 Å². The van der Waals surface area contributed by atoms with Gasteiger partial charge < -0.3 is 5.11 Å². The molecule has 1 aromatic carbocycles. The quantitative estimate of drug-likeness (QED) is 0.476. The lowest BCUT2D eigenvalue weighted by atomic mass is 9.86. The van der Waals surface area contributed by atoms with E-state index in [4.69, 9.17) is 0 Å². The van der Waals surface area contributed by atoms with Gasteiger partial charge in [-0.05, 0) is 24.3 Å². The summed E-state index contributed by atoms with van der Waals surface area (Å²) in [6.07, 6.45) is 6.08. The molecule has 0 radical (unpaired) electrons. The first-order valence-electron chi connectivity index (χ1n) is 6.56. The fraction of sp³-hybridized carbons (Fsp3) is 0.500. The average molecular weight is 261 g/mol. The normalized spacial score (nSPS) is 23.6. The Morgan fingerprint density at radius 3 is 2.79 bits per heavy atom. The number of aliphatic imine (C=N–C) groups is 1. The van der Waals surface area contributed by atoms with Gasteiger partial charge in [-0.1, -0.05) is 31.6 Å². The maximum atomic E-state index is 11.6. The third kappa shape index (κ3) is 3.30. The summed E-state index contributed by atoms with van der Waals surface area (Å²) in [5, 5.41) is 22.3. The molecule has 0 saturated heterocycles. The maximum absolute atomic E-state index is 11.6. The van der Waals surface area contributed by atoms with Crippen LogP contribution < -0.4 is 5.11 Å². The third-order valence-electron chi connectivity index (χ3n) is 3.68. The van der Waals surface area contributed by atoms with Gasteiger partial charge in [0.25, 0.3) is 5.69 Å². The van der Waals surface area contributed by atoms with Crippen LogP contribution >= 0.6 is 0 Å². The highest BCUT2D eigenvalue weighted by molar-refractivity contribution is 5.84. The molecular formula is C14H17N2O3-. The summed E-state index contributed by atoms with van der Waals surface area (Å²) in [6, 6.07) is 3.97. The van der Waals surface area contributed by atoms with Gasteiger partial charge in [0.1, 0.15) is 0 Å². The van der Waals surface area contributed by atoms with Crippen LogP contribution in [-0.4, -0.2) is 17.2 Å². The first kappa shape index (κ1) is 13.5. The predicted molar refractivity (Wildman–Crippen MR) is 71.6 cm³/mol. The van der Waals surface area contributed by atoms with Crippen molar-refractivity contribution in [3.63, 3.8) is 0 Å². The average Bonchev–Trinajstić information content (AvgIpc) is 2.39. The monoisotopic (exact) mass is 261 g/mol. The van der Waals surface area contributed by atoms with Crippen molar-refractivity contribution in [1.29, 1.82) is 0 Å². The first-order valence-corrected chi connectivity index (χ1v) is 6.56. The van der Waals surface area contributed by atoms with E-state index in [2.05, 4.69) is 11.9 Å². The van der Waals surface area contributed by atoms with Crippen molar-refractivity contribution in [2.24, 2.45) is 10.9 Å². The van der Waals surface area contributed by atoms with Crippen molar-refractivity contribution in [3.05, 3.63) is 33.9 Å². The molecule has 0 heterocycles. The van der Waals surface area contributed by atoms with Crippen LogP contribution in [0, 0.1) is 16.0 Å². The molecule has 5 heteroatoms. The molecule has 0 aromatic heterocycles. The Morgan fingerprint density at radius 2 is 2.11 bits per heavy atom. The van der Waals surface area contributed by atoms with Gasteiger partial charge in [0.15, 0.2) is 0 Å². The summed E-state index contributed by atoms with van der Waals surface area (Å²) in [4.78, 5) is 14.6. The van der Waals surface area contributed by atoms with E-state index in [-0.39, 0.29) is 17.5 Å². The van der Waals surface area contributed by atoms with E-state index in [1.165, 1.54) is 30.8 Å². The fourth-order valence-electron chi connectivity index (χ4n) is 2.44. The molecule has 1 aromatic rings. The maximum Gasteiger partial charge on any atom is 0.270 e. The Hall–Kier alpha value is -1.91. The van der Waals surface area contributed by atoms with E-state index in [0.717, 1.165) is 19.3 Å².